The van der Waals surface area contributed by atoms with Crippen LogP contribution in [0, 0.1) is 5.92 Å². The number of nitrogens with zero attached hydrogens (tertiary/aromatic N) is 1. The minimum atomic E-state index is 0.0244. The van der Waals surface area contributed by atoms with Gasteiger partial charge in [-0.05, 0) is 30.9 Å². The van der Waals surface area contributed by atoms with E-state index in [2.05, 4.69) is 10.5 Å². The summed E-state index contributed by atoms with van der Waals surface area (Å²) in [6.45, 7) is 0. The summed E-state index contributed by atoms with van der Waals surface area (Å²) in [5.74, 6) is 0.596. The molecule has 0 spiro atoms. The van der Waals surface area contributed by atoms with E-state index in [1.54, 1.807) is 24.3 Å². The summed E-state index contributed by atoms with van der Waals surface area (Å²) in [5.41, 5.74) is 6.74. The normalized spacial score (nSPS) is 16.1. The van der Waals surface area contributed by atoms with Crippen molar-refractivity contribution in [3.63, 3.8) is 0 Å². The molecular weight excluding hydrogens is 230 g/mol. The van der Waals surface area contributed by atoms with Crippen molar-refractivity contribution in [2.45, 2.75) is 25.7 Å². The molecule has 0 bridgehead atoms. The first kappa shape index (κ1) is 12.4. The van der Waals surface area contributed by atoms with Gasteiger partial charge in [-0.3, -0.25) is 4.79 Å². The van der Waals surface area contributed by atoms with Gasteiger partial charge in [-0.1, -0.05) is 23.7 Å². The van der Waals surface area contributed by atoms with Crippen molar-refractivity contribution < 1.29 is 10.0 Å². The average Bonchev–Trinajstić information content (AvgIpc) is 2.33. The third kappa shape index (κ3) is 3.00. The molecule has 1 fully saturated rings. The van der Waals surface area contributed by atoms with E-state index in [-0.39, 0.29) is 11.7 Å². The van der Waals surface area contributed by atoms with Crippen molar-refractivity contribution in [3.8, 4) is 0 Å². The Morgan fingerprint density at radius 1 is 1.50 bits per heavy atom. The number of amidine groups is 1. The number of anilines is 1. The predicted octanol–water partition coefficient (Wildman–Crippen LogP) is 1.91. The number of carbonyl (C=O) groups is 1. The molecule has 1 saturated carbocycles. The molecule has 2 rings (SSSR count). The fourth-order valence-electron chi connectivity index (χ4n) is 1.99. The van der Waals surface area contributed by atoms with Gasteiger partial charge >= 0.3 is 0 Å². The van der Waals surface area contributed by atoms with Crippen LogP contribution < -0.4 is 11.1 Å². The maximum absolute atomic E-state index is 11.7. The molecule has 18 heavy (non-hydrogen) atoms. The molecule has 0 unspecified atom stereocenters. The number of rotatable bonds is 4. The highest BCUT2D eigenvalue weighted by Gasteiger charge is 2.20. The second-order valence-electron chi connectivity index (χ2n) is 4.62. The highest BCUT2D eigenvalue weighted by atomic mass is 16.4. The van der Waals surface area contributed by atoms with Gasteiger partial charge in [-0.15, -0.1) is 0 Å². The average molecular weight is 247 g/mol. The molecule has 5 heteroatoms. The highest BCUT2D eigenvalue weighted by Crippen LogP contribution is 2.29. The van der Waals surface area contributed by atoms with Gasteiger partial charge in [0.1, 0.15) is 0 Å². The van der Waals surface area contributed by atoms with E-state index in [0.29, 0.717) is 23.6 Å². The Bertz CT molecular complexity index is 467. The molecule has 0 saturated heterocycles. The van der Waals surface area contributed by atoms with E-state index in [0.717, 1.165) is 12.8 Å². The molecule has 1 amide bonds. The molecular formula is C13H17N3O2. The summed E-state index contributed by atoms with van der Waals surface area (Å²) in [6.07, 6.45) is 4.11. The number of benzene rings is 1. The summed E-state index contributed by atoms with van der Waals surface area (Å²) >= 11 is 0. The SMILES string of the molecule is N/C(=N/O)c1cccc(NC(=O)CC2CCC2)c1. The molecule has 0 heterocycles. The molecule has 0 aromatic heterocycles. The van der Waals surface area contributed by atoms with Crippen molar-refractivity contribution in [2.75, 3.05) is 5.32 Å². The summed E-state index contributed by atoms with van der Waals surface area (Å²) in [6, 6.07) is 6.95. The first-order valence-electron chi connectivity index (χ1n) is 6.07. The van der Waals surface area contributed by atoms with E-state index in [1.807, 2.05) is 0 Å². The van der Waals surface area contributed by atoms with Crippen LogP contribution in [0.25, 0.3) is 0 Å². The number of amides is 1. The van der Waals surface area contributed by atoms with E-state index in [9.17, 15) is 4.79 Å². The second-order valence-corrected chi connectivity index (χ2v) is 4.62. The third-order valence-corrected chi connectivity index (χ3v) is 3.25. The van der Waals surface area contributed by atoms with Crippen molar-refractivity contribution in [1.29, 1.82) is 0 Å². The van der Waals surface area contributed by atoms with Gasteiger partial charge in [0, 0.05) is 17.7 Å². The molecule has 5 nitrogen and oxygen atoms in total. The van der Waals surface area contributed by atoms with Gasteiger partial charge in [0.05, 0.1) is 0 Å². The number of carbonyl (C=O) groups excluding carboxylic acids is 1. The first-order chi connectivity index (χ1) is 8.69. The van der Waals surface area contributed by atoms with Gasteiger partial charge in [0.15, 0.2) is 5.84 Å². The van der Waals surface area contributed by atoms with Gasteiger partial charge in [-0.25, -0.2) is 0 Å². The van der Waals surface area contributed by atoms with Crippen LogP contribution in [0.1, 0.15) is 31.2 Å². The molecule has 0 aliphatic heterocycles. The molecule has 1 aromatic carbocycles. The smallest absolute Gasteiger partial charge is 0.224 e. The zero-order chi connectivity index (χ0) is 13.0. The first-order valence-corrected chi connectivity index (χ1v) is 6.07. The van der Waals surface area contributed by atoms with E-state index >= 15 is 0 Å². The van der Waals surface area contributed by atoms with Crippen molar-refractivity contribution >= 4 is 17.4 Å². The molecule has 0 atom stereocenters. The van der Waals surface area contributed by atoms with E-state index in [1.165, 1.54) is 6.42 Å². The van der Waals surface area contributed by atoms with Crippen molar-refractivity contribution in [1.82, 2.24) is 0 Å². The Morgan fingerprint density at radius 3 is 2.89 bits per heavy atom. The highest BCUT2D eigenvalue weighted by molar-refractivity contribution is 5.99. The quantitative estimate of drug-likeness (QED) is 0.328. The Balaban J connectivity index is 1.97. The standard InChI is InChI=1S/C13H17N3O2/c14-13(16-18)10-5-2-6-11(8-10)15-12(17)7-9-3-1-4-9/h2,5-6,8-9,18H,1,3-4,7H2,(H2,14,16)(H,15,17). The zero-order valence-corrected chi connectivity index (χ0v) is 10.1. The molecule has 96 valence electrons. The van der Waals surface area contributed by atoms with Crippen LogP contribution in [0.2, 0.25) is 0 Å². The van der Waals surface area contributed by atoms with Crippen LogP contribution >= 0.6 is 0 Å². The van der Waals surface area contributed by atoms with Gasteiger partial charge in [0.25, 0.3) is 0 Å². The molecule has 4 N–H and O–H groups in total. The van der Waals surface area contributed by atoms with Gasteiger partial charge in [-0.2, -0.15) is 0 Å². The van der Waals surface area contributed by atoms with E-state index < -0.39 is 0 Å². The van der Waals surface area contributed by atoms with Crippen molar-refractivity contribution in [2.24, 2.45) is 16.8 Å². The third-order valence-electron chi connectivity index (χ3n) is 3.25. The summed E-state index contributed by atoms with van der Waals surface area (Å²) in [4.78, 5) is 11.7. The van der Waals surface area contributed by atoms with Crippen LogP contribution in [0.5, 0.6) is 0 Å². The number of hydrogen-bond acceptors (Lipinski definition) is 3. The monoisotopic (exact) mass is 247 g/mol. The Hall–Kier alpha value is -2.04. The lowest BCUT2D eigenvalue weighted by Crippen LogP contribution is -2.21. The van der Waals surface area contributed by atoms with Gasteiger partial charge < -0.3 is 16.3 Å². The lowest BCUT2D eigenvalue weighted by atomic mass is 9.83. The fraction of sp³-hybridized carbons (Fsp3) is 0.385. The fourth-order valence-corrected chi connectivity index (χ4v) is 1.99. The lowest BCUT2D eigenvalue weighted by molar-refractivity contribution is -0.117. The zero-order valence-electron chi connectivity index (χ0n) is 10.1. The summed E-state index contributed by atoms with van der Waals surface area (Å²) in [7, 11) is 0. The van der Waals surface area contributed by atoms with Gasteiger partial charge in [0.2, 0.25) is 5.91 Å². The van der Waals surface area contributed by atoms with Crippen LogP contribution in [0.15, 0.2) is 29.4 Å². The summed E-state index contributed by atoms with van der Waals surface area (Å²) in [5, 5.41) is 14.4. The maximum atomic E-state index is 11.7. The summed E-state index contributed by atoms with van der Waals surface area (Å²) < 4.78 is 0. The topological polar surface area (TPSA) is 87.7 Å². The maximum Gasteiger partial charge on any atom is 0.224 e. The predicted molar refractivity (Wildman–Crippen MR) is 69.5 cm³/mol. The number of oxime groups is 1. The van der Waals surface area contributed by atoms with Crippen LogP contribution in [-0.4, -0.2) is 17.0 Å². The molecule has 0 radical (unpaired) electrons. The van der Waals surface area contributed by atoms with Crippen LogP contribution in [-0.2, 0) is 4.79 Å². The second kappa shape index (κ2) is 5.53. The number of nitrogens with two attached hydrogens (primary N) is 1. The number of nitrogens with one attached hydrogen (secondary N) is 1. The Morgan fingerprint density at radius 2 is 2.28 bits per heavy atom. The molecule has 1 aromatic rings. The van der Waals surface area contributed by atoms with E-state index in [4.69, 9.17) is 10.9 Å². The molecule has 1 aliphatic carbocycles. The minimum Gasteiger partial charge on any atom is -0.409 e. The Kier molecular flexibility index (Phi) is 3.82. The molecule has 1 aliphatic rings. The minimum absolute atomic E-state index is 0.0244. The lowest BCUT2D eigenvalue weighted by Gasteiger charge is -2.24. The van der Waals surface area contributed by atoms with Crippen LogP contribution in [0.4, 0.5) is 5.69 Å². The van der Waals surface area contributed by atoms with Crippen molar-refractivity contribution in [3.05, 3.63) is 29.8 Å². The van der Waals surface area contributed by atoms with Crippen LogP contribution in [0.3, 0.4) is 0 Å². The largest absolute Gasteiger partial charge is 0.409 e. The number of hydrogen-bond donors (Lipinski definition) is 3. The Labute approximate surface area is 106 Å².